The van der Waals surface area contributed by atoms with Gasteiger partial charge in [0.25, 0.3) is 11.5 Å². The molecule has 13 nitrogen and oxygen atoms in total. The largest absolute Gasteiger partial charge is 0.508 e. The number of aromatic amines is 1. The maximum absolute atomic E-state index is 15.9. The lowest BCUT2D eigenvalue weighted by Crippen LogP contribution is -2.38. The van der Waals surface area contributed by atoms with Gasteiger partial charge >= 0.3 is 0 Å². The van der Waals surface area contributed by atoms with Crippen LogP contribution >= 0.6 is 23.5 Å². The van der Waals surface area contributed by atoms with Crippen LogP contribution in [0.3, 0.4) is 0 Å². The van der Waals surface area contributed by atoms with Crippen molar-refractivity contribution >= 4 is 51.9 Å². The Balaban J connectivity index is 0.000000569. The highest BCUT2D eigenvalue weighted by Crippen LogP contribution is 2.40. The number of phenolic OH excluding ortho intramolecular Hbond substituents is 1. The summed E-state index contributed by atoms with van der Waals surface area (Å²) in [5, 5.41) is 30.0. The predicted octanol–water partition coefficient (Wildman–Crippen LogP) is 11.6. The van der Waals surface area contributed by atoms with Crippen molar-refractivity contribution in [2.45, 2.75) is 98.1 Å². The Morgan fingerprint density at radius 1 is 1.00 bits per heavy atom. The van der Waals surface area contributed by atoms with Gasteiger partial charge in [-0.25, -0.2) is 4.39 Å². The third kappa shape index (κ3) is 13.7. The van der Waals surface area contributed by atoms with Gasteiger partial charge in [0, 0.05) is 73.1 Å². The minimum atomic E-state index is -0.397. The fourth-order valence-corrected chi connectivity index (χ4v) is 8.61. The average Bonchev–Trinajstić information content (AvgIpc) is 3.84. The van der Waals surface area contributed by atoms with E-state index in [9.17, 15) is 9.59 Å². The third-order valence-corrected chi connectivity index (χ3v) is 12.3. The number of phenols is 1. The first-order valence-electron chi connectivity index (χ1n) is 22.7. The number of benzene rings is 3. The highest BCUT2D eigenvalue weighted by Gasteiger charge is 2.23. The zero-order valence-corrected chi connectivity index (χ0v) is 39.5. The molecular weight excluding hydrogens is 891 g/mol. The Bertz CT molecular complexity index is 2640. The van der Waals surface area contributed by atoms with E-state index in [-0.39, 0.29) is 47.6 Å². The monoisotopic (exact) mass is 952 g/mol. The van der Waals surface area contributed by atoms with Crippen LogP contribution in [-0.4, -0.2) is 68.4 Å². The molecule has 4 N–H and O–H groups in total. The number of rotatable bonds is 14. The number of nitrogens with one attached hydrogen (secondary N) is 3. The van der Waals surface area contributed by atoms with Crippen molar-refractivity contribution < 1.29 is 23.8 Å². The van der Waals surface area contributed by atoms with Crippen molar-refractivity contribution in [2.75, 3.05) is 35.1 Å². The molecule has 0 radical (unpaired) electrons. The van der Waals surface area contributed by atoms with Crippen LogP contribution in [-0.2, 0) is 18.2 Å². The molecule has 3 aromatic heterocycles. The molecule has 1 saturated carbocycles. The molecule has 1 aliphatic carbocycles. The van der Waals surface area contributed by atoms with Crippen LogP contribution < -0.4 is 25.2 Å². The van der Waals surface area contributed by atoms with Crippen molar-refractivity contribution in [2.24, 2.45) is 7.05 Å². The second kappa shape index (κ2) is 25.7. The van der Waals surface area contributed by atoms with Gasteiger partial charge in [-0.2, -0.15) is 5.26 Å². The summed E-state index contributed by atoms with van der Waals surface area (Å²) in [5.74, 6) is 1.80. The number of piperidine rings is 1. The summed E-state index contributed by atoms with van der Waals surface area (Å²) in [6, 6.07) is 22.8. The van der Waals surface area contributed by atoms with Gasteiger partial charge in [-0.1, -0.05) is 83.1 Å². The first kappa shape index (κ1) is 51.9. The number of aromatic hydroxyl groups is 1. The number of carbonyl (C=O) groups excluding carboxylic acids is 1. The molecule has 1 amide bonds. The summed E-state index contributed by atoms with van der Waals surface area (Å²) < 4.78 is 33.4. The first-order valence-corrected chi connectivity index (χ1v) is 24.0. The summed E-state index contributed by atoms with van der Waals surface area (Å²) in [5.41, 5.74) is 4.08. The average molecular weight is 954 g/mol. The Hall–Kier alpha value is -6.08. The number of anilines is 2. The van der Waals surface area contributed by atoms with Crippen LogP contribution in [0.1, 0.15) is 101 Å². The quantitative estimate of drug-likeness (QED) is 0.0605. The molecule has 16 heteroatoms. The summed E-state index contributed by atoms with van der Waals surface area (Å²) in [4.78, 5) is 30.7. The number of halogens is 2. The number of nitriles is 1. The number of hydrogen-bond acceptors (Lipinski definition) is 11. The number of aryl methyl sites for hydroxylation is 2. The minimum Gasteiger partial charge on any atom is -0.508 e. The minimum absolute atomic E-state index is 0. The lowest BCUT2D eigenvalue weighted by Gasteiger charge is -2.32. The number of hydrogen-bond donors (Lipinski definition) is 4. The Labute approximate surface area is 402 Å². The summed E-state index contributed by atoms with van der Waals surface area (Å²) in [6.07, 6.45) is 12.1. The van der Waals surface area contributed by atoms with Crippen molar-refractivity contribution in [1.29, 1.82) is 5.26 Å². The lowest BCUT2D eigenvalue weighted by molar-refractivity contribution is 0.0356. The van der Waals surface area contributed by atoms with Gasteiger partial charge in [-0.15, -0.1) is 10.2 Å². The van der Waals surface area contributed by atoms with Gasteiger partial charge in [0.1, 0.15) is 23.1 Å². The van der Waals surface area contributed by atoms with E-state index in [0.29, 0.717) is 47.5 Å². The van der Waals surface area contributed by atoms with Crippen molar-refractivity contribution in [1.82, 2.24) is 25.1 Å². The number of fused-ring (bicyclic) bond motifs is 1. The van der Waals surface area contributed by atoms with Gasteiger partial charge in [0.15, 0.2) is 23.1 Å². The Morgan fingerprint density at radius 2 is 1.78 bits per heavy atom. The molecule has 1 saturated heterocycles. The molecule has 6 aromatic rings. The van der Waals surface area contributed by atoms with Crippen LogP contribution in [0.15, 0.2) is 90.0 Å². The molecule has 3 aromatic carbocycles. The number of pyridine rings is 1. The lowest BCUT2D eigenvalue weighted by atomic mass is 9.95. The summed E-state index contributed by atoms with van der Waals surface area (Å²) in [6.45, 7) is 8.16. The highest BCUT2D eigenvalue weighted by atomic mass is 35.5. The van der Waals surface area contributed by atoms with E-state index < -0.39 is 5.82 Å². The van der Waals surface area contributed by atoms with Gasteiger partial charge in [0.2, 0.25) is 0 Å². The molecule has 1 aliphatic heterocycles. The second-order valence-electron chi connectivity index (χ2n) is 15.8. The van der Waals surface area contributed by atoms with Gasteiger partial charge < -0.3 is 39.1 Å². The maximum atomic E-state index is 15.9. The zero-order chi connectivity index (χ0) is 47.0. The van der Waals surface area contributed by atoms with Crippen LogP contribution in [0.5, 0.6) is 17.2 Å². The molecule has 2 aliphatic rings. The van der Waals surface area contributed by atoms with Gasteiger partial charge in [-0.05, 0) is 105 Å². The fraction of sp³-hybridized carbons (Fsp3) is 0.392. The zero-order valence-electron chi connectivity index (χ0n) is 37.9. The maximum Gasteiger partial charge on any atom is 0.274 e. The number of ether oxygens (including phenoxy) is 2. The van der Waals surface area contributed by atoms with Gasteiger partial charge in [0.05, 0.1) is 16.7 Å². The fourth-order valence-electron chi connectivity index (χ4n) is 7.96. The Morgan fingerprint density at radius 3 is 2.48 bits per heavy atom. The van der Waals surface area contributed by atoms with Crippen molar-refractivity contribution in [3.8, 4) is 34.4 Å². The smallest absolute Gasteiger partial charge is 0.274 e. The predicted molar refractivity (Wildman–Crippen MR) is 269 cm³/mol. The SMILES string of the molecule is C.CC.CCSNc1ccc(Oc2cccc(CCCOC3CCN(c4ccc(C(=O)NC5CCCCC5)nn4)CC3)c2F)c(-c2cn(C)c(=O)c3[nH]ccc23)c1.N#Cc1ccc(O)cc1Cl. The second-order valence-corrected chi connectivity index (χ2v) is 17.3. The third-order valence-electron chi connectivity index (χ3n) is 11.4. The van der Waals surface area contributed by atoms with Crippen molar-refractivity contribution in [3.63, 3.8) is 0 Å². The van der Waals surface area contributed by atoms with E-state index in [2.05, 4.69) is 37.0 Å². The van der Waals surface area contributed by atoms with Crippen LogP contribution in [0.4, 0.5) is 15.9 Å². The molecule has 0 unspecified atom stereocenters. The topological polar surface area (TPSA) is 170 Å². The van der Waals surface area contributed by atoms with E-state index in [4.69, 9.17) is 31.4 Å². The van der Waals surface area contributed by atoms with Crippen molar-refractivity contribution in [3.05, 3.63) is 123 Å². The molecule has 67 heavy (non-hydrogen) atoms. The van der Waals surface area contributed by atoms with Crippen LogP contribution in [0.2, 0.25) is 5.02 Å². The summed E-state index contributed by atoms with van der Waals surface area (Å²) in [7, 11) is 1.72. The molecule has 4 heterocycles. The number of nitrogens with zero attached hydrogens (tertiary/aromatic N) is 5. The molecule has 0 spiro atoms. The molecule has 0 bridgehead atoms. The molecule has 8 rings (SSSR count). The van der Waals surface area contributed by atoms with Crippen LogP contribution in [0, 0.1) is 17.1 Å². The number of aromatic nitrogens is 4. The highest BCUT2D eigenvalue weighted by molar-refractivity contribution is 8.00. The standard InChI is InChI=1S/C41H48FN7O4S.C7H4ClNO.C2H6.CH4/c1-3-54-47-29-14-16-35(32(25-29)33-26-48(2)41(51)39-31(33)18-21-43-39)53-36-13-7-9-27(38(36)42)10-8-24-52-30-19-22-49(23-20-30)37-17-15-34(45-46-37)40(50)44-28-11-5-4-6-12-28;8-7-3-6(10)2-1-5(7)4-9;1-2;/h7,9,13-18,21,25-26,28,30,43,47H,3-6,8,10-12,19-20,22-24H2,1-2H3,(H,44,50);1-3,10H;1-2H3;1H4. The normalized spacial score (nSPS) is 13.8. The van der Waals surface area contributed by atoms with E-state index >= 15 is 4.39 Å². The van der Waals surface area contributed by atoms with E-state index in [0.717, 1.165) is 85.4 Å². The molecule has 356 valence electrons. The molecular formula is C51H62ClFN8O5S. The van der Waals surface area contributed by atoms with E-state index in [1.165, 1.54) is 24.6 Å². The number of amides is 1. The van der Waals surface area contributed by atoms with Crippen LogP contribution in [0.25, 0.3) is 22.0 Å². The first-order chi connectivity index (χ1) is 32.1. The Kier molecular flexibility index (Phi) is 19.9. The van der Waals surface area contributed by atoms with E-state index in [1.54, 1.807) is 54.2 Å². The van der Waals surface area contributed by atoms with Gasteiger partial charge in [-0.3, -0.25) is 9.59 Å². The molecule has 2 fully saturated rings. The number of H-pyrrole nitrogens is 1. The molecule has 0 atom stereocenters. The van der Waals surface area contributed by atoms with E-state index in [1.807, 2.05) is 56.3 Å². The summed E-state index contributed by atoms with van der Waals surface area (Å²) >= 11 is 7.12. The number of carbonyl (C=O) groups is 1.